The summed E-state index contributed by atoms with van der Waals surface area (Å²) in [6, 6.07) is 0. The van der Waals surface area contributed by atoms with Gasteiger partial charge in [-0.15, -0.1) is 0 Å². The number of carbonyl (C=O) groups excluding carboxylic acids is 1. The second-order valence-corrected chi connectivity index (χ2v) is 4.58. The summed E-state index contributed by atoms with van der Waals surface area (Å²) in [6.45, 7) is 2.37. The molecule has 1 aliphatic rings. The third-order valence-corrected chi connectivity index (χ3v) is 2.85. The summed E-state index contributed by atoms with van der Waals surface area (Å²) in [5.74, 6) is 0.893. The van der Waals surface area contributed by atoms with Crippen molar-refractivity contribution in [2.24, 2.45) is 5.92 Å². The second-order valence-electron chi connectivity index (χ2n) is 4.58. The van der Waals surface area contributed by atoms with Gasteiger partial charge in [-0.25, -0.2) is 9.78 Å². The van der Waals surface area contributed by atoms with Crippen molar-refractivity contribution in [3.05, 3.63) is 18.1 Å². The predicted octanol–water partition coefficient (Wildman–Crippen LogP) is 1.49. The monoisotopic (exact) mass is 265 g/mol. The largest absolute Gasteiger partial charge is 0.464 e. The molecule has 0 radical (unpaired) electrons. The fourth-order valence-electron chi connectivity index (χ4n) is 1.58. The van der Waals surface area contributed by atoms with Gasteiger partial charge in [-0.05, 0) is 25.2 Å². The Hall–Kier alpha value is -1.69. The van der Waals surface area contributed by atoms with Gasteiger partial charge < -0.3 is 14.8 Å². The number of aromatic nitrogens is 2. The zero-order valence-corrected chi connectivity index (χ0v) is 11.1. The van der Waals surface area contributed by atoms with Crippen molar-refractivity contribution in [3.8, 4) is 0 Å². The molecule has 1 N–H and O–H groups in total. The van der Waals surface area contributed by atoms with Crippen molar-refractivity contribution in [2.75, 3.05) is 32.2 Å². The van der Waals surface area contributed by atoms with Crippen LogP contribution < -0.4 is 5.32 Å². The minimum absolute atomic E-state index is 0.206. The SMILES string of the molecule is COC(=O)c1cncc(NCCCOCC2CC2)n1. The maximum absolute atomic E-state index is 11.3. The lowest BCUT2D eigenvalue weighted by atomic mass is 10.4. The first-order valence-electron chi connectivity index (χ1n) is 6.51. The third kappa shape index (κ3) is 4.82. The van der Waals surface area contributed by atoms with E-state index in [1.54, 1.807) is 6.20 Å². The average Bonchev–Trinajstić information content (AvgIpc) is 3.26. The van der Waals surface area contributed by atoms with Gasteiger partial charge in [-0.1, -0.05) is 0 Å². The first kappa shape index (κ1) is 13.7. The number of anilines is 1. The van der Waals surface area contributed by atoms with Gasteiger partial charge in [0.2, 0.25) is 0 Å². The van der Waals surface area contributed by atoms with E-state index in [4.69, 9.17) is 4.74 Å². The van der Waals surface area contributed by atoms with Crippen molar-refractivity contribution in [1.82, 2.24) is 9.97 Å². The van der Waals surface area contributed by atoms with E-state index in [1.807, 2.05) is 0 Å². The number of methoxy groups -OCH3 is 1. The van der Waals surface area contributed by atoms with Crippen molar-refractivity contribution in [3.63, 3.8) is 0 Å². The first-order chi connectivity index (χ1) is 9.29. The highest BCUT2D eigenvalue weighted by molar-refractivity contribution is 5.87. The van der Waals surface area contributed by atoms with E-state index in [1.165, 1.54) is 26.1 Å². The quantitative estimate of drug-likeness (QED) is 0.567. The highest BCUT2D eigenvalue weighted by atomic mass is 16.5. The molecular weight excluding hydrogens is 246 g/mol. The van der Waals surface area contributed by atoms with Gasteiger partial charge in [0, 0.05) is 19.8 Å². The van der Waals surface area contributed by atoms with Gasteiger partial charge in [0.15, 0.2) is 5.69 Å². The molecule has 6 heteroatoms. The van der Waals surface area contributed by atoms with E-state index < -0.39 is 5.97 Å². The normalized spacial score (nSPS) is 14.2. The second kappa shape index (κ2) is 7.04. The van der Waals surface area contributed by atoms with Crippen LogP contribution in [-0.2, 0) is 9.47 Å². The van der Waals surface area contributed by atoms with E-state index in [9.17, 15) is 4.79 Å². The Morgan fingerprint density at radius 1 is 1.47 bits per heavy atom. The molecule has 0 amide bonds. The zero-order chi connectivity index (χ0) is 13.5. The number of ether oxygens (including phenoxy) is 2. The maximum atomic E-state index is 11.3. The van der Waals surface area contributed by atoms with Crippen LogP contribution in [0.4, 0.5) is 5.82 Å². The lowest BCUT2D eigenvalue weighted by molar-refractivity contribution is 0.0593. The zero-order valence-electron chi connectivity index (χ0n) is 11.1. The number of nitrogens with one attached hydrogen (secondary N) is 1. The molecule has 6 nitrogen and oxygen atoms in total. The van der Waals surface area contributed by atoms with E-state index in [-0.39, 0.29) is 5.69 Å². The van der Waals surface area contributed by atoms with Crippen molar-refractivity contribution >= 4 is 11.8 Å². The highest BCUT2D eigenvalue weighted by Crippen LogP contribution is 2.28. The van der Waals surface area contributed by atoms with Crippen LogP contribution in [0.15, 0.2) is 12.4 Å². The molecule has 0 atom stereocenters. The maximum Gasteiger partial charge on any atom is 0.358 e. The fraction of sp³-hybridized carbons (Fsp3) is 0.615. The van der Waals surface area contributed by atoms with E-state index in [0.717, 1.165) is 32.1 Å². The molecule has 1 aromatic rings. The number of carbonyl (C=O) groups is 1. The molecule has 0 aliphatic heterocycles. The van der Waals surface area contributed by atoms with Crippen molar-refractivity contribution < 1.29 is 14.3 Å². The Morgan fingerprint density at radius 3 is 3.05 bits per heavy atom. The number of rotatable bonds is 8. The summed E-state index contributed by atoms with van der Waals surface area (Å²) in [4.78, 5) is 19.3. The van der Waals surface area contributed by atoms with E-state index in [2.05, 4.69) is 20.0 Å². The molecule has 104 valence electrons. The number of esters is 1. The van der Waals surface area contributed by atoms with Crippen LogP contribution in [-0.4, -0.2) is 42.8 Å². The van der Waals surface area contributed by atoms with E-state index >= 15 is 0 Å². The highest BCUT2D eigenvalue weighted by Gasteiger charge is 2.20. The molecule has 0 spiro atoms. The fourth-order valence-corrected chi connectivity index (χ4v) is 1.58. The van der Waals surface area contributed by atoms with Crippen LogP contribution in [0.2, 0.25) is 0 Å². The van der Waals surface area contributed by atoms with Crippen LogP contribution in [0, 0.1) is 5.92 Å². The smallest absolute Gasteiger partial charge is 0.358 e. The summed E-state index contributed by atoms with van der Waals surface area (Å²) in [5, 5.41) is 3.11. The van der Waals surface area contributed by atoms with Crippen LogP contribution >= 0.6 is 0 Å². The van der Waals surface area contributed by atoms with Gasteiger partial charge in [-0.2, -0.15) is 0 Å². The molecule has 2 rings (SSSR count). The van der Waals surface area contributed by atoms with E-state index in [0.29, 0.717) is 5.82 Å². The van der Waals surface area contributed by atoms with Gasteiger partial charge in [-0.3, -0.25) is 4.98 Å². The molecule has 0 aromatic carbocycles. The van der Waals surface area contributed by atoms with Crippen molar-refractivity contribution in [2.45, 2.75) is 19.3 Å². The van der Waals surface area contributed by atoms with Gasteiger partial charge in [0.1, 0.15) is 5.82 Å². The Morgan fingerprint density at radius 2 is 2.32 bits per heavy atom. The summed E-state index contributed by atoms with van der Waals surface area (Å²) in [7, 11) is 1.32. The topological polar surface area (TPSA) is 73.3 Å². The lowest BCUT2D eigenvalue weighted by Gasteiger charge is -2.06. The Bertz CT molecular complexity index is 421. The van der Waals surface area contributed by atoms with Gasteiger partial charge in [0.25, 0.3) is 0 Å². The Labute approximate surface area is 112 Å². The van der Waals surface area contributed by atoms with Crippen LogP contribution in [0.1, 0.15) is 29.8 Å². The molecule has 0 saturated heterocycles. The lowest BCUT2D eigenvalue weighted by Crippen LogP contribution is -2.11. The molecule has 19 heavy (non-hydrogen) atoms. The minimum atomic E-state index is -0.482. The summed E-state index contributed by atoms with van der Waals surface area (Å²) >= 11 is 0. The standard InChI is InChI=1S/C13H19N3O3/c1-18-13(17)11-7-14-8-12(16-11)15-5-2-6-19-9-10-3-4-10/h7-8,10H,2-6,9H2,1H3,(H,15,16). The molecule has 1 aliphatic carbocycles. The molecule has 1 saturated carbocycles. The molecule has 0 unspecified atom stereocenters. The molecular formula is C13H19N3O3. The van der Waals surface area contributed by atoms with Crippen LogP contribution in [0.5, 0.6) is 0 Å². The van der Waals surface area contributed by atoms with Crippen molar-refractivity contribution in [1.29, 1.82) is 0 Å². The third-order valence-electron chi connectivity index (χ3n) is 2.85. The number of hydrogen-bond acceptors (Lipinski definition) is 6. The molecule has 1 heterocycles. The van der Waals surface area contributed by atoms with Gasteiger partial charge >= 0.3 is 5.97 Å². The number of nitrogens with zero attached hydrogens (tertiary/aromatic N) is 2. The molecule has 0 bridgehead atoms. The summed E-state index contributed by atoms with van der Waals surface area (Å²) < 4.78 is 10.1. The summed E-state index contributed by atoms with van der Waals surface area (Å²) in [5.41, 5.74) is 0.206. The average molecular weight is 265 g/mol. The van der Waals surface area contributed by atoms with Gasteiger partial charge in [0.05, 0.1) is 19.5 Å². The number of hydrogen-bond donors (Lipinski definition) is 1. The first-order valence-corrected chi connectivity index (χ1v) is 6.51. The van der Waals surface area contributed by atoms with Crippen LogP contribution in [0.25, 0.3) is 0 Å². The Kier molecular flexibility index (Phi) is 5.09. The minimum Gasteiger partial charge on any atom is -0.464 e. The molecule has 1 aromatic heterocycles. The van der Waals surface area contributed by atoms with Crippen LogP contribution in [0.3, 0.4) is 0 Å². The predicted molar refractivity (Wildman–Crippen MR) is 70.0 cm³/mol. The summed E-state index contributed by atoms with van der Waals surface area (Å²) in [6.07, 6.45) is 6.49. The molecule has 1 fully saturated rings. The Balaban J connectivity index is 1.65.